The molecule has 2 rings (SSSR count). The van der Waals surface area contributed by atoms with Crippen LogP contribution in [0.5, 0.6) is 0 Å². The van der Waals surface area contributed by atoms with E-state index in [2.05, 4.69) is 41.4 Å². The lowest BCUT2D eigenvalue weighted by molar-refractivity contribution is 0.339. The Balaban J connectivity index is 1.85. The van der Waals surface area contributed by atoms with E-state index >= 15 is 0 Å². The van der Waals surface area contributed by atoms with Crippen LogP contribution in [0.1, 0.15) is 11.1 Å². The fourth-order valence-electron chi connectivity index (χ4n) is 1.90. The lowest BCUT2D eigenvalue weighted by Crippen LogP contribution is -2.24. The summed E-state index contributed by atoms with van der Waals surface area (Å²) in [6, 6.07) is 8.80. The van der Waals surface area contributed by atoms with Crippen LogP contribution < -0.4 is 5.32 Å². The van der Waals surface area contributed by atoms with Gasteiger partial charge in [-0.15, -0.1) is 0 Å². The summed E-state index contributed by atoms with van der Waals surface area (Å²) in [5.74, 6) is 0. The Bertz CT molecular complexity index is 290. The van der Waals surface area contributed by atoms with Crippen molar-refractivity contribution in [2.45, 2.75) is 13.3 Å². The summed E-state index contributed by atoms with van der Waals surface area (Å²) < 4.78 is 0. The van der Waals surface area contributed by atoms with Crippen LogP contribution in [-0.2, 0) is 6.42 Å². The van der Waals surface area contributed by atoms with E-state index in [4.69, 9.17) is 0 Å². The van der Waals surface area contributed by atoms with Gasteiger partial charge in [0.05, 0.1) is 0 Å². The van der Waals surface area contributed by atoms with E-state index in [1.165, 1.54) is 30.6 Å². The van der Waals surface area contributed by atoms with E-state index in [1.54, 1.807) is 0 Å². The predicted molar refractivity (Wildman–Crippen MR) is 59.3 cm³/mol. The van der Waals surface area contributed by atoms with Crippen LogP contribution in [0.25, 0.3) is 0 Å². The van der Waals surface area contributed by atoms with Gasteiger partial charge >= 0.3 is 0 Å². The van der Waals surface area contributed by atoms with Crippen molar-refractivity contribution < 1.29 is 0 Å². The van der Waals surface area contributed by atoms with Crippen molar-refractivity contribution in [1.82, 2.24) is 10.2 Å². The predicted octanol–water partition coefficient (Wildman–Crippen LogP) is 1.40. The largest absolute Gasteiger partial charge is 0.303 e. The summed E-state index contributed by atoms with van der Waals surface area (Å²) in [6.45, 7) is 6.74. The van der Waals surface area contributed by atoms with Crippen LogP contribution in [0.2, 0.25) is 0 Å². The van der Waals surface area contributed by atoms with Gasteiger partial charge in [-0.2, -0.15) is 0 Å². The molecule has 0 unspecified atom stereocenters. The molecule has 1 saturated heterocycles. The minimum absolute atomic E-state index is 1.06. The van der Waals surface area contributed by atoms with Crippen molar-refractivity contribution in [2.24, 2.45) is 0 Å². The monoisotopic (exact) mass is 190 g/mol. The zero-order valence-electron chi connectivity index (χ0n) is 8.79. The summed E-state index contributed by atoms with van der Waals surface area (Å²) >= 11 is 0. The maximum atomic E-state index is 3.35. The minimum atomic E-state index is 1.06. The van der Waals surface area contributed by atoms with Gasteiger partial charge in [-0.3, -0.25) is 4.90 Å². The van der Waals surface area contributed by atoms with Crippen molar-refractivity contribution in [3.05, 3.63) is 35.4 Å². The standard InChI is InChI=1S/C12H18N2/c1-11-3-2-4-12(9-11)5-7-14-8-6-13-10-14/h2-4,9,13H,5-8,10H2,1H3. The summed E-state index contributed by atoms with van der Waals surface area (Å²) in [5.41, 5.74) is 2.82. The molecule has 1 fully saturated rings. The Morgan fingerprint density at radius 1 is 1.43 bits per heavy atom. The Labute approximate surface area is 85.9 Å². The molecule has 0 saturated carbocycles. The third-order valence-electron chi connectivity index (χ3n) is 2.74. The van der Waals surface area contributed by atoms with Gasteiger partial charge in [0, 0.05) is 26.3 Å². The number of nitrogens with zero attached hydrogens (tertiary/aromatic N) is 1. The molecule has 1 aliphatic rings. The van der Waals surface area contributed by atoms with Gasteiger partial charge in [0.2, 0.25) is 0 Å². The molecule has 76 valence electrons. The van der Waals surface area contributed by atoms with Gasteiger partial charge in [-0.1, -0.05) is 29.8 Å². The SMILES string of the molecule is Cc1cccc(CCN2CCNC2)c1. The Kier molecular flexibility index (Phi) is 3.17. The third kappa shape index (κ3) is 2.56. The van der Waals surface area contributed by atoms with Gasteiger partial charge in [0.25, 0.3) is 0 Å². The summed E-state index contributed by atoms with van der Waals surface area (Å²) in [4.78, 5) is 2.46. The molecule has 0 bridgehead atoms. The Morgan fingerprint density at radius 3 is 3.07 bits per heavy atom. The fraction of sp³-hybridized carbons (Fsp3) is 0.500. The molecule has 1 aromatic carbocycles. The molecule has 1 aromatic rings. The second-order valence-corrected chi connectivity index (χ2v) is 4.02. The number of aryl methyl sites for hydroxylation is 1. The first-order valence-corrected chi connectivity index (χ1v) is 5.33. The molecule has 0 amide bonds. The van der Waals surface area contributed by atoms with Gasteiger partial charge < -0.3 is 5.32 Å². The highest BCUT2D eigenvalue weighted by Crippen LogP contribution is 2.05. The summed E-state index contributed by atoms with van der Waals surface area (Å²) in [6.07, 6.45) is 1.17. The molecule has 0 aromatic heterocycles. The number of hydrogen-bond acceptors (Lipinski definition) is 2. The van der Waals surface area contributed by atoms with Crippen molar-refractivity contribution in [3.63, 3.8) is 0 Å². The molecule has 0 atom stereocenters. The van der Waals surface area contributed by atoms with Gasteiger partial charge in [0.1, 0.15) is 0 Å². The molecular weight excluding hydrogens is 172 g/mol. The van der Waals surface area contributed by atoms with Crippen LogP contribution >= 0.6 is 0 Å². The maximum Gasteiger partial charge on any atom is 0.0481 e. The van der Waals surface area contributed by atoms with Crippen LogP contribution in [0.15, 0.2) is 24.3 Å². The summed E-state index contributed by atoms with van der Waals surface area (Å²) in [7, 11) is 0. The molecule has 2 nitrogen and oxygen atoms in total. The number of benzene rings is 1. The van der Waals surface area contributed by atoms with E-state index in [0.29, 0.717) is 0 Å². The number of hydrogen-bond donors (Lipinski definition) is 1. The van der Waals surface area contributed by atoms with Crippen LogP contribution in [-0.4, -0.2) is 31.2 Å². The lowest BCUT2D eigenvalue weighted by atomic mass is 10.1. The third-order valence-corrected chi connectivity index (χ3v) is 2.74. The second kappa shape index (κ2) is 4.58. The average molecular weight is 190 g/mol. The van der Waals surface area contributed by atoms with Gasteiger partial charge in [-0.25, -0.2) is 0 Å². The molecule has 0 aliphatic carbocycles. The lowest BCUT2D eigenvalue weighted by Gasteiger charge is -2.13. The van der Waals surface area contributed by atoms with E-state index in [9.17, 15) is 0 Å². The second-order valence-electron chi connectivity index (χ2n) is 4.02. The average Bonchev–Trinajstić information content (AvgIpc) is 2.67. The van der Waals surface area contributed by atoms with Crippen LogP contribution in [0.4, 0.5) is 0 Å². The van der Waals surface area contributed by atoms with E-state index in [0.717, 1.165) is 13.2 Å². The first-order valence-electron chi connectivity index (χ1n) is 5.33. The van der Waals surface area contributed by atoms with E-state index in [1.807, 2.05) is 0 Å². The minimum Gasteiger partial charge on any atom is -0.303 e. The van der Waals surface area contributed by atoms with Crippen molar-refractivity contribution in [1.29, 1.82) is 0 Å². The molecule has 2 heteroatoms. The fourth-order valence-corrected chi connectivity index (χ4v) is 1.90. The highest BCUT2D eigenvalue weighted by Gasteiger charge is 2.09. The molecule has 0 spiro atoms. The molecule has 1 N–H and O–H groups in total. The van der Waals surface area contributed by atoms with Gasteiger partial charge in [-0.05, 0) is 18.9 Å². The Morgan fingerprint density at radius 2 is 2.36 bits per heavy atom. The summed E-state index contributed by atoms with van der Waals surface area (Å²) in [5, 5.41) is 3.35. The molecular formula is C12H18N2. The van der Waals surface area contributed by atoms with E-state index in [-0.39, 0.29) is 0 Å². The molecule has 0 radical (unpaired) electrons. The molecule has 1 heterocycles. The number of rotatable bonds is 3. The van der Waals surface area contributed by atoms with Crippen molar-refractivity contribution >= 4 is 0 Å². The molecule has 1 aliphatic heterocycles. The first-order chi connectivity index (χ1) is 6.84. The first kappa shape index (κ1) is 9.69. The van der Waals surface area contributed by atoms with Crippen LogP contribution in [0.3, 0.4) is 0 Å². The van der Waals surface area contributed by atoms with Crippen LogP contribution in [0, 0.1) is 6.92 Å². The normalized spacial score (nSPS) is 17.5. The van der Waals surface area contributed by atoms with Crippen molar-refractivity contribution in [2.75, 3.05) is 26.3 Å². The van der Waals surface area contributed by atoms with E-state index < -0.39 is 0 Å². The zero-order valence-corrected chi connectivity index (χ0v) is 8.79. The Hall–Kier alpha value is -0.860. The quantitative estimate of drug-likeness (QED) is 0.775. The maximum absolute atomic E-state index is 3.35. The van der Waals surface area contributed by atoms with Crippen molar-refractivity contribution in [3.8, 4) is 0 Å². The highest BCUT2D eigenvalue weighted by molar-refractivity contribution is 5.22. The number of nitrogens with one attached hydrogen (secondary N) is 1. The highest BCUT2D eigenvalue weighted by atomic mass is 15.3. The smallest absolute Gasteiger partial charge is 0.0481 e. The van der Waals surface area contributed by atoms with Gasteiger partial charge in [0.15, 0.2) is 0 Å². The zero-order chi connectivity index (χ0) is 9.80. The molecule has 14 heavy (non-hydrogen) atoms. The topological polar surface area (TPSA) is 15.3 Å².